The minimum atomic E-state index is -1.74. The first-order chi connectivity index (χ1) is 11.9. The number of rotatable bonds is 5. The van der Waals surface area contributed by atoms with Crippen LogP contribution in [0, 0.1) is 5.41 Å². The number of benzene rings is 2. The molecule has 0 saturated heterocycles. The molecule has 1 aliphatic rings. The van der Waals surface area contributed by atoms with Crippen LogP contribution in [0.2, 0.25) is 5.02 Å². The highest BCUT2D eigenvalue weighted by Crippen LogP contribution is 2.47. The van der Waals surface area contributed by atoms with Gasteiger partial charge in [0.25, 0.3) is 0 Å². The van der Waals surface area contributed by atoms with Gasteiger partial charge < -0.3 is 10.2 Å². The number of fused-ring (bicyclic) bond motifs is 1. The van der Waals surface area contributed by atoms with Crippen molar-refractivity contribution in [2.24, 2.45) is 5.41 Å². The highest BCUT2D eigenvalue weighted by atomic mass is 35.5. The number of hydrogen-bond donors (Lipinski definition) is 2. The molecule has 0 unspecified atom stereocenters. The highest BCUT2D eigenvalue weighted by Gasteiger charge is 2.55. The Hall–Kier alpha value is -2.01. The van der Waals surface area contributed by atoms with Crippen molar-refractivity contribution in [2.45, 2.75) is 25.4 Å². The third-order valence-electron chi connectivity index (χ3n) is 5.11. The van der Waals surface area contributed by atoms with Gasteiger partial charge in [-0.2, -0.15) is 0 Å². The van der Waals surface area contributed by atoms with E-state index >= 15 is 0 Å². The molecule has 0 radical (unpaired) electrons. The fourth-order valence-corrected chi connectivity index (χ4v) is 3.82. The maximum atomic E-state index is 13.0. The van der Waals surface area contributed by atoms with E-state index in [-0.39, 0.29) is 24.4 Å². The minimum Gasteiger partial charge on any atom is -0.393 e. The third kappa shape index (κ3) is 2.71. The number of aliphatic hydroxyl groups excluding tert-OH is 1. The first-order valence-electron chi connectivity index (χ1n) is 8.16. The standard InChI is InChI=1S/C20H19ClO4/c1-2-19(17(23)15-8-3-4-9-16(15)18(19)24)11-20(25,12-22)13-6-5-7-14(21)10-13/h3-10,22,25H,2,11-12H2,1H3/t20-/m0/s1. The summed E-state index contributed by atoms with van der Waals surface area (Å²) in [5.41, 5.74) is -1.99. The van der Waals surface area contributed by atoms with Crippen molar-refractivity contribution in [2.75, 3.05) is 6.61 Å². The van der Waals surface area contributed by atoms with Crippen molar-refractivity contribution in [1.82, 2.24) is 0 Å². The number of ketones is 2. The molecule has 0 aliphatic heterocycles. The number of aliphatic hydroxyl groups is 2. The number of carbonyl (C=O) groups excluding carboxylic acids is 2. The minimum absolute atomic E-state index is 0.195. The predicted octanol–water partition coefficient (Wildman–Crippen LogP) is 3.39. The second-order valence-electron chi connectivity index (χ2n) is 6.52. The summed E-state index contributed by atoms with van der Waals surface area (Å²) in [5.74, 6) is -0.603. The summed E-state index contributed by atoms with van der Waals surface area (Å²) in [6.45, 7) is 1.13. The average molecular weight is 359 g/mol. The van der Waals surface area contributed by atoms with E-state index in [2.05, 4.69) is 0 Å². The van der Waals surface area contributed by atoms with Crippen molar-refractivity contribution < 1.29 is 19.8 Å². The molecular weight excluding hydrogens is 340 g/mol. The lowest BCUT2D eigenvalue weighted by atomic mass is 9.70. The molecule has 0 aromatic heterocycles. The molecule has 1 atom stereocenters. The molecule has 25 heavy (non-hydrogen) atoms. The SMILES string of the molecule is CCC1(C[C@](O)(CO)c2cccc(Cl)c2)C(=O)c2ccccc2C1=O. The summed E-state index contributed by atoms with van der Waals surface area (Å²) < 4.78 is 0. The fourth-order valence-electron chi connectivity index (χ4n) is 3.63. The lowest BCUT2D eigenvalue weighted by Crippen LogP contribution is -2.43. The van der Waals surface area contributed by atoms with Gasteiger partial charge in [0.15, 0.2) is 11.6 Å². The third-order valence-corrected chi connectivity index (χ3v) is 5.34. The van der Waals surface area contributed by atoms with Gasteiger partial charge in [0.05, 0.1) is 12.0 Å². The van der Waals surface area contributed by atoms with E-state index in [4.69, 9.17) is 11.6 Å². The Morgan fingerprint density at radius 3 is 2.12 bits per heavy atom. The van der Waals surface area contributed by atoms with E-state index in [9.17, 15) is 19.8 Å². The topological polar surface area (TPSA) is 74.6 Å². The van der Waals surface area contributed by atoms with E-state index in [0.29, 0.717) is 21.7 Å². The van der Waals surface area contributed by atoms with E-state index in [1.807, 2.05) is 0 Å². The lowest BCUT2D eigenvalue weighted by Gasteiger charge is -2.35. The van der Waals surface area contributed by atoms with Crippen molar-refractivity contribution >= 4 is 23.2 Å². The van der Waals surface area contributed by atoms with Gasteiger partial charge >= 0.3 is 0 Å². The molecule has 130 valence electrons. The predicted molar refractivity (Wildman–Crippen MR) is 94.9 cm³/mol. The van der Waals surface area contributed by atoms with E-state index in [1.165, 1.54) is 6.07 Å². The molecule has 4 nitrogen and oxygen atoms in total. The van der Waals surface area contributed by atoms with Crippen LogP contribution in [0.25, 0.3) is 0 Å². The molecule has 0 heterocycles. The molecule has 2 N–H and O–H groups in total. The summed E-state index contributed by atoms with van der Waals surface area (Å²) >= 11 is 6.00. The van der Waals surface area contributed by atoms with Gasteiger partial charge in [0.1, 0.15) is 5.60 Å². The van der Waals surface area contributed by atoms with Crippen LogP contribution < -0.4 is 0 Å². The zero-order valence-electron chi connectivity index (χ0n) is 13.8. The zero-order valence-corrected chi connectivity index (χ0v) is 14.6. The van der Waals surface area contributed by atoms with Gasteiger partial charge in [-0.1, -0.05) is 54.9 Å². The van der Waals surface area contributed by atoms with Crippen LogP contribution in [0.3, 0.4) is 0 Å². The number of hydrogen-bond acceptors (Lipinski definition) is 4. The summed E-state index contributed by atoms with van der Waals surface area (Å²) in [6, 6.07) is 13.2. The molecule has 2 aromatic carbocycles. The Labute approximate surface area is 151 Å². The number of halogens is 1. The normalized spacial score (nSPS) is 18.1. The number of carbonyl (C=O) groups is 2. The lowest BCUT2D eigenvalue weighted by molar-refractivity contribution is -0.0473. The first-order valence-corrected chi connectivity index (χ1v) is 8.54. The van der Waals surface area contributed by atoms with Gasteiger partial charge in [-0.3, -0.25) is 9.59 Å². The van der Waals surface area contributed by atoms with Gasteiger partial charge in [0.2, 0.25) is 0 Å². The van der Waals surface area contributed by atoms with E-state index < -0.39 is 17.6 Å². The highest BCUT2D eigenvalue weighted by molar-refractivity contribution is 6.30. The molecule has 0 spiro atoms. The monoisotopic (exact) mass is 358 g/mol. The van der Waals surface area contributed by atoms with Crippen molar-refractivity contribution in [3.8, 4) is 0 Å². The van der Waals surface area contributed by atoms with Gasteiger partial charge in [-0.05, 0) is 24.1 Å². The van der Waals surface area contributed by atoms with Crippen LogP contribution in [0.1, 0.15) is 46.0 Å². The summed E-state index contributed by atoms with van der Waals surface area (Å²) in [7, 11) is 0. The molecule has 5 heteroatoms. The Kier molecular flexibility index (Phi) is 4.54. The largest absolute Gasteiger partial charge is 0.393 e. The fraction of sp³-hybridized carbons (Fsp3) is 0.300. The van der Waals surface area contributed by atoms with Crippen LogP contribution in [0.4, 0.5) is 0 Å². The zero-order chi connectivity index (χ0) is 18.2. The molecule has 0 bridgehead atoms. The first kappa shape index (κ1) is 17.8. The summed E-state index contributed by atoms with van der Waals surface area (Å²) in [5, 5.41) is 21.4. The molecule has 0 fully saturated rings. The molecular formula is C20H19ClO4. The molecule has 2 aromatic rings. The van der Waals surface area contributed by atoms with E-state index in [0.717, 1.165) is 0 Å². The van der Waals surface area contributed by atoms with Crippen LogP contribution in [-0.2, 0) is 5.60 Å². The average Bonchev–Trinajstić information content (AvgIpc) is 2.84. The quantitative estimate of drug-likeness (QED) is 0.803. The summed E-state index contributed by atoms with van der Waals surface area (Å²) in [6.07, 6.45) is 0.0436. The second-order valence-corrected chi connectivity index (χ2v) is 6.95. The Bertz CT molecular complexity index is 810. The Balaban J connectivity index is 2.07. The number of Topliss-reactive ketones (excluding diaryl/α,β-unsaturated/α-hetero) is 2. The Morgan fingerprint density at radius 2 is 1.64 bits per heavy atom. The van der Waals surface area contributed by atoms with Crippen molar-refractivity contribution in [3.63, 3.8) is 0 Å². The second kappa shape index (κ2) is 6.37. The van der Waals surface area contributed by atoms with Gasteiger partial charge in [-0.25, -0.2) is 0 Å². The maximum Gasteiger partial charge on any atom is 0.177 e. The van der Waals surface area contributed by atoms with Crippen LogP contribution in [0.15, 0.2) is 48.5 Å². The van der Waals surface area contributed by atoms with Crippen LogP contribution in [-0.4, -0.2) is 28.4 Å². The van der Waals surface area contributed by atoms with Crippen LogP contribution >= 0.6 is 11.6 Å². The maximum absolute atomic E-state index is 13.0. The summed E-state index contributed by atoms with van der Waals surface area (Å²) in [4.78, 5) is 26.0. The van der Waals surface area contributed by atoms with Crippen LogP contribution in [0.5, 0.6) is 0 Å². The van der Waals surface area contributed by atoms with Gasteiger partial charge in [0, 0.05) is 22.6 Å². The van der Waals surface area contributed by atoms with E-state index in [1.54, 1.807) is 49.4 Å². The molecule has 0 saturated carbocycles. The molecule has 0 amide bonds. The van der Waals surface area contributed by atoms with Gasteiger partial charge in [-0.15, -0.1) is 0 Å². The Morgan fingerprint density at radius 1 is 1.04 bits per heavy atom. The van der Waals surface area contributed by atoms with Crippen molar-refractivity contribution in [3.05, 3.63) is 70.2 Å². The molecule has 1 aliphatic carbocycles. The smallest absolute Gasteiger partial charge is 0.177 e. The molecule has 3 rings (SSSR count). The van der Waals surface area contributed by atoms with Crippen molar-refractivity contribution in [1.29, 1.82) is 0 Å².